The Morgan fingerprint density at radius 1 is 1.10 bits per heavy atom. The molecule has 150 valence electrons. The van der Waals surface area contributed by atoms with Crippen LogP contribution < -0.4 is 9.64 Å². The van der Waals surface area contributed by atoms with Crippen molar-refractivity contribution in [1.82, 2.24) is 0 Å². The van der Waals surface area contributed by atoms with Gasteiger partial charge in [0.05, 0.1) is 31.1 Å². The van der Waals surface area contributed by atoms with Crippen LogP contribution in [0.15, 0.2) is 57.7 Å². The lowest BCUT2D eigenvalue weighted by atomic mass is 10.0. The molecule has 1 aliphatic rings. The van der Waals surface area contributed by atoms with Gasteiger partial charge in [0, 0.05) is 25.8 Å². The molecule has 0 unspecified atom stereocenters. The molecule has 0 radical (unpaired) electrons. The number of esters is 1. The monoisotopic (exact) mass is 495 g/mol. The SMILES string of the molecule is COC(=O)C1=C(C)N(c2cc(Cl)cc(Cl)c2)C(=O)/C1=C\c1cc(Br)ccc1OC. The van der Waals surface area contributed by atoms with Crippen molar-refractivity contribution in [1.29, 1.82) is 0 Å². The van der Waals surface area contributed by atoms with Crippen molar-refractivity contribution in [2.45, 2.75) is 6.92 Å². The minimum absolute atomic E-state index is 0.163. The normalized spacial score (nSPS) is 15.3. The molecule has 2 aromatic rings. The standard InChI is InChI=1S/C21H16BrCl2NO4/c1-11-19(21(27)29-3)17(7-12-6-13(22)4-5-18(12)28-2)20(26)25(11)16-9-14(23)8-15(24)10-16/h4-10H,1-3H3/b17-7-. The van der Waals surface area contributed by atoms with Crippen molar-refractivity contribution in [3.05, 3.63) is 73.3 Å². The second-order valence-corrected chi connectivity index (χ2v) is 7.95. The highest BCUT2D eigenvalue weighted by molar-refractivity contribution is 9.10. The smallest absolute Gasteiger partial charge is 0.340 e. The van der Waals surface area contributed by atoms with E-state index in [4.69, 9.17) is 32.7 Å². The lowest BCUT2D eigenvalue weighted by molar-refractivity contribution is -0.136. The quantitative estimate of drug-likeness (QED) is 0.406. The van der Waals surface area contributed by atoms with Crippen molar-refractivity contribution in [3.8, 4) is 5.75 Å². The Morgan fingerprint density at radius 2 is 1.76 bits per heavy atom. The van der Waals surface area contributed by atoms with E-state index in [1.54, 1.807) is 43.3 Å². The van der Waals surface area contributed by atoms with Gasteiger partial charge in [-0.1, -0.05) is 39.1 Å². The summed E-state index contributed by atoms with van der Waals surface area (Å²) in [5.41, 5.74) is 1.85. The lowest BCUT2D eigenvalue weighted by Gasteiger charge is -2.18. The molecule has 2 aromatic carbocycles. The molecule has 0 atom stereocenters. The average molecular weight is 497 g/mol. The van der Waals surface area contributed by atoms with Gasteiger partial charge in [0.15, 0.2) is 0 Å². The molecule has 1 heterocycles. The van der Waals surface area contributed by atoms with Crippen LogP contribution in [0.25, 0.3) is 6.08 Å². The second kappa shape index (κ2) is 8.61. The van der Waals surface area contributed by atoms with Crippen LogP contribution in [0.4, 0.5) is 5.69 Å². The molecule has 0 saturated carbocycles. The molecule has 0 bridgehead atoms. The van der Waals surface area contributed by atoms with Crippen molar-refractivity contribution in [2.24, 2.45) is 0 Å². The van der Waals surface area contributed by atoms with Crippen LogP contribution in [-0.2, 0) is 14.3 Å². The first kappa shape index (κ1) is 21.4. The van der Waals surface area contributed by atoms with Gasteiger partial charge in [0.2, 0.25) is 0 Å². The predicted octanol–water partition coefficient (Wildman–Crippen LogP) is 5.64. The van der Waals surface area contributed by atoms with Crippen molar-refractivity contribution in [3.63, 3.8) is 0 Å². The minimum Gasteiger partial charge on any atom is -0.496 e. The first-order valence-electron chi connectivity index (χ1n) is 8.42. The number of hydrogen-bond acceptors (Lipinski definition) is 4. The van der Waals surface area contributed by atoms with Crippen LogP contribution >= 0.6 is 39.1 Å². The number of carbonyl (C=O) groups is 2. The maximum atomic E-state index is 13.3. The number of benzene rings is 2. The third kappa shape index (κ3) is 4.20. The molecule has 8 heteroatoms. The predicted molar refractivity (Wildman–Crippen MR) is 117 cm³/mol. The van der Waals surface area contributed by atoms with E-state index in [9.17, 15) is 9.59 Å². The van der Waals surface area contributed by atoms with Crippen LogP contribution in [0.5, 0.6) is 5.75 Å². The number of halogens is 3. The van der Waals surface area contributed by atoms with Gasteiger partial charge in [-0.05, 0) is 49.4 Å². The van der Waals surface area contributed by atoms with Gasteiger partial charge in [0.1, 0.15) is 5.75 Å². The van der Waals surface area contributed by atoms with E-state index in [2.05, 4.69) is 15.9 Å². The molecule has 0 saturated heterocycles. The topological polar surface area (TPSA) is 55.8 Å². The Morgan fingerprint density at radius 3 is 2.34 bits per heavy atom. The van der Waals surface area contributed by atoms with Gasteiger partial charge in [-0.3, -0.25) is 9.69 Å². The van der Waals surface area contributed by atoms with Crippen molar-refractivity contribution < 1.29 is 19.1 Å². The van der Waals surface area contributed by atoms with E-state index in [0.717, 1.165) is 4.47 Å². The number of anilines is 1. The number of nitrogens with zero attached hydrogens (tertiary/aromatic N) is 1. The highest BCUT2D eigenvalue weighted by Gasteiger charge is 2.38. The van der Waals surface area contributed by atoms with Gasteiger partial charge >= 0.3 is 5.97 Å². The van der Waals surface area contributed by atoms with E-state index in [0.29, 0.717) is 32.7 Å². The fourth-order valence-corrected chi connectivity index (χ4v) is 4.03. The zero-order valence-electron chi connectivity index (χ0n) is 15.8. The number of ether oxygens (including phenoxy) is 2. The minimum atomic E-state index is -0.619. The number of rotatable bonds is 4. The Kier molecular flexibility index (Phi) is 6.36. The Balaban J connectivity index is 2.21. The van der Waals surface area contributed by atoms with Gasteiger partial charge in [-0.2, -0.15) is 0 Å². The molecule has 3 rings (SSSR count). The highest BCUT2D eigenvalue weighted by Crippen LogP contribution is 2.38. The summed E-state index contributed by atoms with van der Waals surface area (Å²) in [6.07, 6.45) is 1.60. The molecule has 0 fully saturated rings. The maximum absolute atomic E-state index is 13.3. The highest BCUT2D eigenvalue weighted by atomic mass is 79.9. The third-order valence-corrected chi connectivity index (χ3v) is 5.32. The summed E-state index contributed by atoms with van der Waals surface area (Å²) in [4.78, 5) is 27.2. The van der Waals surface area contributed by atoms with Gasteiger partial charge in [0.25, 0.3) is 5.91 Å². The molecule has 0 spiro atoms. The number of amides is 1. The van der Waals surface area contributed by atoms with Gasteiger partial charge in [-0.25, -0.2) is 4.79 Å². The fraction of sp³-hybridized carbons (Fsp3) is 0.143. The van der Waals surface area contributed by atoms with E-state index < -0.39 is 11.9 Å². The first-order chi connectivity index (χ1) is 13.8. The van der Waals surface area contributed by atoms with Crippen LogP contribution in [-0.4, -0.2) is 26.1 Å². The molecule has 1 amide bonds. The zero-order valence-corrected chi connectivity index (χ0v) is 18.9. The molecule has 1 aliphatic heterocycles. The number of methoxy groups -OCH3 is 2. The number of allylic oxidation sites excluding steroid dienone is 1. The van der Waals surface area contributed by atoms with E-state index >= 15 is 0 Å². The summed E-state index contributed by atoms with van der Waals surface area (Å²) in [5, 5.41) is 0.748. The molecule has 5 nitrogen and oxygen atoms in total. The second-order valence-electron chi connectivity index (χ2n) is 6.16. The van der Waals surface area contributed by atoms with E-state index in [-0.39, 0.29) is 11.1 Å². The van der Waals surface area contributed by atoms with Crippen LogP contribution in [0.1, 0.15) is 12.5 Å². The van der Waals surface area contributed by atoms with Crippen molar-refractivity contribution in [2.75, 3.05) is 19.1 Å². The Bertz CT molecular complexity index is 1060. The third-order valence-electron chi connectivity index (χ3n) is 4.39. The molecule has 0 N–H and O–H groups in total. The largest absolute Gasteiger partial charge is 0.496 e. The van der Waals surface area contributed by atoms with Crippen LogP contribution in [0.3, 0.4) is 0 Å². The maximum Gasteiger partial charge on any atom is 0.340 e. The zero-order chi connectivity index (χ0) is 21.3. The van der Waals surface area contributed by atoms with E-state index in [1.165, 1.54) is 19.1 Å². The molecular weight excluding hydrogens is 481 g/mol. The first-order valence-corrected chi connectivity index (χ1v) is 9.97. The average Bonchev–Trinajstić information content (AvgIpc) is 2.90. The molecule has 0 aliphatic carbocycles. The number of carbonyl (C=O) groups excluding carboxylic acids is 2. The van der Waals surface area contributed by atoms with E-state index in [1.807, 2.05) is 6.07 Å². The molecule has 0 aromatic heterocycles. The Labute approximate surface area is 186 Å². The molecular formula is C21H16BrCl2NO4. The number of hydrogen-bond donors (Lipinski definition) is 0. The van der Waals surface area contributed by atoms with Gasteiger partial charge in [-0.15, -0.1) is 0 Å². The summed E-state index contributed by atoms with van der Waals surface area (Å²) in [7, 11) is 2.80. The van der Waals surface area contributed by atoms with Crippen molar-refractivity contribution >= 4 is 62.8 Å². The summed E-state index contributed by atoms with van der Waals surface area (Å²) >= 11 is 15.6. The molecule has 29 heavy (non-hydrogen) atoms. The van der Waals surface area contributed by atoms with Gasteiger partial charge < -0.3 is 9.47 Å². The van der Waals surface area contributed by atoms with Crippen LogP contribution in [0, 0.1) is 0 Å². The fourth-order valence-electron chi connectivity index (χ4n) is 3.13. The summed E-state index contributed by atoms with van der Waals surface area (Å²) in [6, 6.07) is 10.1. The summed E-state index contributed by atoms with van der Waals surface area (Å²) < 4.78 is 11.1. The van der Waals surface area contributed by atoms with Crippen LogP contribution in [0.2, 0.25) is 10.0 Å². The summed E-state index contributed by atoms with van der Waals surface area (Å²) in [6.45, 7) is 1.66. The lowest BCUT2D eigenvalue weighted by Crippen LogP contribution is -2.24. The summed E-state index contributed by atoms with van der Waals surface area (Å²) in [5.74, 6) is -0.463. The Hall–Kier alpha value is -2.28.